The van der Waals surface area contributed by atoms with E-state index in [4.69, 9.17) is 0 Å². The van der Waals surface area contributed by atoms with Crippen molar-refractivity contribution in [2.24, 2.45) is 5.92 Å². The third-order valence-corrected chi connectivity index (χ3v) is 6.52. The molecule has 1 aliphatic carbocycles. The third-order valence-electron chi connectivity index (χ3n) is 6.00. The summed E-state index contributed by atoms with van der Waals surface area (Å²) in [5, 5.41) is 3.26. The monoisotopic (exact) mass is 428 g/mol. The average molecular weight is 429 g/mol. The van der Waals surface area contributed by atoms with Gasteiger partial charge in [0.05, 0.1) is 5.92 Å². The number of carbonyl (C=O) groups is 1. The Hall–Kier alpha value is -1.95. The molecule has 0 radical (unpaired) electrons. The van der Waals surface area contributed by atoms with E-state index in [1.54, 1.807) is 12.4 Å². The number of halogens is 1. The van der Waals surface area contributed by atoms with E-state index in [-0.39, 0.29) is 17.2 Å². The van der Waals surface area contributed by atoms with Gasteiger partial charge in [0, 0.05) is 41.9 Å². The van der Waals surface area contributed by atoms with Crippen molar-refractivity contribution in [1.82, 2.24) is 15.3 Å². The summed E-state index contributed by atoms with van der Waals surface area (Å²) < 4.78 is 1.09. The molecule has 2 fully saturated rings. The van der Waals surface area contributed by atoms with Crippen LogP contribution in [0.15, 0.2) is 47.2 Å². The van der Waals surface area contributed by atoms with E-state index in [1.807, 2.05) is 6.07 Å². The number of nitrogens with zero attached hydrogens (tertiary/aromatic N) is 3. The van der Waals surface area contributed by atoms with Crippen LogP contribution in [0.1, 0.15) is 37.7 Å². The molecular formula is C21H25BrN4O. The molecule has 1 amide bonds. The second-order valence-electron chi connectivity index (χ2n) is 7.69. The molecule has 1 saturated heterocycles. The predicted molar refractivity (Wildman–Crippen MR) is 110 cm³/mol. The minimum absolute atomic E-state index is 0.00426. The van der Waals surface area contributed by atoms with Gasteiger partial charge in [0.15, 0.2) is 0 Å². The smallest absolute Gasteiger partial charge is 0.225 e. The molecule has 1 aromatic carbocycles. The van der Waals surface area contributed by atoms with Gasteiger partial charge in [-0.15, -0.1) is 0 Å². The van der Waals surface area contributed by atoms with Crippen LogP contribution < -0.4 is 10.2 Å². The van der Waals surface area contributed by atoms with E-state index in [0.29, 0.717) is 6.54 Å². The fourth-order valence-electron chi connectivity index (χ4n) is 4.20. The minimum atomic E-state index is 0.00426. The van der Waals surface area contributed by atoms with Gasteiger partial charge in [-0.1, -0.05) is 34.5 Å². The maximum Gasteiger partial charge on any atom is 0.225 e. The van der Waals surface area contributed by atoms with Crippen LogP contribution in [-0.2, 0) is 10.2 Å². The van der Waals surface area contributed by atoms with E-state index in [9.17, 15) is 4.79 Å². The molecule has 1 aromatic heterocycles. The van der Waals surface area contributed by atoms with Crippen LogP contribution in [0.25, 0.3) is 0 Å². The molecule has 1 unspecified atom stereocenters. The maximum atomic E-state index is 12.9. The van der Waals surface area contributed by atoms with Gasteiger partial charge in [-0.2, -0.15) is 0 Å². The molecule has 1 N–H and O–H groups in total. The zero-order chi connectivity index (χ0) is 18.7. The lowest BCUT2D eigenvalue weighted by Crippen LogP contribution is -2.49. The number of aromatic nitrogens is 2. The van der Waals surface area contributed by atoms with Gasteiger partial charge in [0.25, 0.3) is 0 Å². The van der Waals surface area contributed by atoms with Gasteiger partial charge in [-0.05, 0) is 49.4 Å². The summed E-state index contributed by atoms with van der Waals surface area (Å²) in [5.74, 6) is 0.893. The summed E-state index contributed by atoms with van der Waals surface area (Å²) in [4.78, 5) is 23.6. The second kappa shape index (κ2) is 7.97. The Morgan fingerprint density at radius 2 is 1.93 bits per heavy atom. The van der Waals surface area contributed by atoms with Gasteiger partial charge in [0.1, 0.15) is 0 Å². The zero-order valence-electron chi connectivity index (χ0n) is 15.4. The topological polar surface area (TPSA) is 58.1 Å². The molecule has 0 spiro atoms. The molecular weight excluding hydrogens is 404 g/mol. The zero-order valence-corrected chi connectivity index (χ0v) is 17.0. The summed E-state index contributed by atoms with van der Waals surface area (Å²) in [5.41, 5.74) is 1.44. The summed E-state index contributed by atoms with van der Waals surface area (Å²) >= 11 is 3.51. The SMILES string of the molecule is O=C(NCC1(c2ccc(Br)cc2)CCC1)C1CCCN(c2ncccn2)C1. The molecule has 4 rings (SSSR count). The van der Waals surface area contributed by atoms with Crippen molar-refractivity contribution in [3.8, 4) is 0 Å². The number of nitrogens with one attached hydrogen (secondary N) is 1. The molecule has 142 valence electrons. The van der Waals surface area contributed by atoms with E-state index in [2.05, 4.69) is 60.4 Å². The first-order valence-electron chi connectivity index (χ1n) is 9.72. The van der Waals surface area contributed by atoms with Crippen molar-refractivity contribution in [3.05, 3.63) is 52.8 Å². The van der Waals surface area contributed by atoms with Gasteiger partial charge >= 0.3 is 0 Å². The van der Waals surface area contributed by atoms with Crippen LogP contribution in [0, 0.1) is 5.92 Å². The van der Waals surface area contributed by atoms with Crippen molar-refractivity contribution >= 4 is 27.8 Å². The number of hydrogen-bond acceptors (Lipinski definition) is 4. The highest BCUT2D eigenvalue weighted by molar-refractivity contribution is 9.10. The van der Waals surface area contributed by atoms with Crippen LogP contribution in [0.2, 0.25) is 0 Å². The minimum Gasteiger partial charge on any atom is -0.355 e. The summed E-state index contributed by atoms with van der Waals surface area (Å²) in [7, 11) is 0. The maximum absolute atomic E-state index is 12.9. The molecule has 6 heteroatoms. The molecule has 1 atom stereocenters. The fraction of sp³-hybridized carbons (Fsp3) is 0.476. The molecule has 27 heavy (non-hydrogen) atoms. The largest absolute Gasteiger partial charge is 0.355 e. The summed E-state index contributed by atoms with van der Waals surface area (Å²) in [6.07, 6.45) is 8.95. The van der Waals surface area contributed by atoms with Crippen LogP contribution in [-0.4, -0.2) is 35.5 Å². The number of carbonyl (C=O) groups excluding carboxylic acids is 1. The van der Waals surface area contributed by atoms with E-state index < -0.39 is 0 Å². The van der Waals surface area contributed by atoms with E-state index in [1.165, 1.54) is 12.0 Å². The Bertz CT molecular complexity index is 777. The van der Waals surface area contributed by atoms with E-state index >= 15 is 0 Å². The molecule has 1 saturated carbocycles. The van der Waals surface area contributed by atoms with Gasteiger partial charge in [-0.25, -0.2) is 9.97 Å². The Labute approximate surface area is 168 Å². The predicted octanol–water partition coefficient (Wildman–Crippen LogP) is 3.69. The number of piperidine rings is 1. The number of amides is 1. The van der Waals surface area contributed by atoms with Crippen LogP contribution >= 0.6 is 15.9 Å². The van der Waals surface area contributed by atoms with Crippen LogP contribution in [0.5, 0.6) is 0 Å². The van der Waals surface area contributed by atoms with Crippen LogP contribution in [0.4, 0.5) is 5.95 Å². The number of anilines is 1. The standard InChI is InChI=1S/C21H25BrN4O/c22-18-7-5-17(6-8-18)21(9-2-10-21)15-25-19(27)16-4-1-13-26(14-16)20-23-11-3-12-24-20/h3,5-8,11-12,16H,1-2,4,9-10,13-15H2,(H,25,27). The van der Waals surface area contributed by atoms with Gasteiger partial charge < -0.3 is 10.2 Å². The lowest BCUT2D eigenvalue weighted by atomic mass is 9.64. The van der Waals surface area contributed by atoms with Gasteiger partial charge in [-0.3, -0.25) is 4.79 Å². The summed E-state index contributed by atoms with van der Waals surface area (Å²) in [6.45, 7) is 2.34. The highest BCUT2D eigenvalue weighted by Gasteiger charge is 2.39. The number of rotatable bonds is 5. The first kappa shape index (κ1) is 18.4. The van der Waals surface area contributed by atoms with Crippen molar-refractivity contribution in [2.75, 3.05) is 24.5 Å². The van der Waals surface area contributed by atoms with Gasteiger partial charge in [0.2, 0.25) is 11.9 Å². The van der Waals surface area contributed by atoms with Crippen molar-refractivity contribution < 1.29 is 4.79 Å². The molecule has 2 heterocycles. The third kappa shape index (κ3) is 4.00. The summed E-state index contributed by atoms with van der Waals surface area (Å²) in [6, 6.07) is 10.4. The average Bonchev–Trinajstić information content (AvgIpc) is 2.69. The van der Waals surface area contributed by atoms with Crippen molar-refractivity contribution in [3.63, 3.8) is 0 Å². The Morgan fingerprint density at radius 1 is 1.19 bits per heavy atom. The van der Waals surface area contributed by atoms with Crippen molar-refractivity contribution in [1.29, 1.82) is 0 Å². The fourth-order valence-corrected chi connectivity index (χ4v) is 4.47. The first-order chi connectivity index (χ1) is 13.2. The highest BCUT2D eigenvalue weighted by Crippen LogP contribution is 2.43. The molecule has 2 aliphatic rings. The molecule has 5 nitrogen and oxygen atoms in total. The highest BCUT2D eigenvalue weighted by atomic mass is 79.9. The second-order valence-corrected chi connectivity index (χ2v) is 8.61. The molecule has 2 aromatic rings. The lowest BCUT2D eigenvalue weighted by molar-refractivity contribution is -0.125. The van der Waals surface area contributed by atoms with E-state index in [0.717, 1.165) is 49.2 Å². The quantitative estimate of drug-likeness (QED) is 0.788. The van der Waals surface area contributed by atoms with Crippen LogP contribution in [0.3, 0.4) is 0 Å². The lowest BCUT2D eigenvalue weighted by Gasteiger charge is -2.43. The Balaban J connectivity index is 1.38. The molecule has 0 bridgehead atoms. The molecule has 1 aliphatic heterocycles. The number of hydrogen-bond donors (Lipinski definition) is 1. The van der Waals surface area contributed by atoms with Crippen molar-refractivity contribution in [2.45, 2.75) is 37.5 Å². The normalized spacial score (nSPS) is 21.4. The number of benzene rings is 1. The Kier molecular flexibility index (Phi) is 5.43. The Morgan fingerprint density at radius 3 is 2.59 bits per heavy atom. The first-order valence-corrected chi connectivity index (χ1v) is 10.5.